The molecule has 0 saturated carbocycles. The van der Waals surface area contributed by atoms with Crippen molar-refractivity contribution in [1.82, 2.24) is 5.32 Å². The van der Waals surface area contributed by atoms with Crippen LogP contribution in [0.4, 0.5) is 10.1 Å². The van der Waals surface area contributed by atoms with Crippen LogP contribution in [-0.4, -0.2) is 26.5 Å². The van der Waals surface area contributed by atoms with E-state index in [2.05, 4.69) is 5.32 Å². The van der Waals surface area contributed by atoms with Gasteiger partial charge in [-0.15, -0.1) is 0 Å². The van der Waals surface area contributed by atoms with Gasteiger partial charge in [-0.05, 0) is 11.6 Å². The third-order valence-corrected chi connectivity index (χ3v) is 2.63. The highest BCUT2D eigenvalue weighted by Gasteiger charge is 2.12. The minimum absolute atomic E-state index is 0.0671. The fraction of sp³-hybridized carbons (Fsp3) is 0.417. The van der Waals surface area contributed by atoms with Gasteiger partial charge >= 0.3 is 0 Å². The number of amides is 1. The van der Waals surface area contributed by atoms with Gasteiger partial charge in [0.25, 0.3) is 0 Å². The molecule has 0 unspecified atom stereocenters. The van der Waals surface area contributed by atoms with Gasteiger partial charge < -0.3 is 16.0 Å². The van der Waals surface area contributed by atoms with Crippen LogP contribution in [0, 0.1) is 5.82 Å². The number of halogens is 1. The summed E-state index contributed by atoms with van der Waals surface area (Å²) in [7, 11) is 3.33. The van der Waals surface area contributed by atoms with Gasteiger partial charge in [0.05, 0.1) is 5.69 Å². The summed E-state index contributed by atoms with van der Waals surface area (Å²) < 4.78 is 13.7. The van der Waals surface area contributed by atoms with Crippen molar-refractivity contribution in [2.24, 2.45) is 5.73 Å². The van der Waals surface area contributed by atoms with Gasteiger partial charge in [-0.1, -0.05) is 12.1 Å². The zero-order valence-corrected chi connectivity index (χ0v) is 10.2. The first-order valence-corrected chi connectivity index (χ1v) is 5.49. The predicted molar refractivity (Wildman–Crippen MR) is 66.2 cm³/mol. The first kappa shape index (κ1) is 13.4. The monoisotopic (exact) mass is 239 g/mol. The summed E-state index contributed by atoms with van der Waals surface area (Å²) in [4.78, 5) is 12.8. The van der Waals surface area contributed by atoms with Crippen LogP contribution in [0.2, 0.25) is 0 Å². The molecule has 4 nitrogen and oxygen atoms in total. The van der Waals surface area contributed by atoms with Crippen LogP contribution in [-0.2, 0) is 11.3 Å². The van der Waals surface area contributed by atoms with Crippen molar-refractivity contribution in [3.05, 3.63) is 29.6 Å². The highest BCUT2D eigenvalue weighted by atomic mass is 19.1. The lowest BCUT2D eigenvalue weighted by molar-refractivity contribution is -0.120. The SMILES string of the molecule is CNC(=O)CCN(C)c1c(F)cccc1CN. The van der Waals surface area contributed by atoms with Crippen molar-refractivity contribution in [2.45, 2.75) is 13.0 Å². The summed E-state index contributed by atoms with van der Waals surface area (Å²) in [6.07, 6.45) is 0.325. The van der Waals surface area contributed by atoms with Gasteiger partial charge in [0.1, 0.15) is 5.82 Å². The molecule has 0 aromatic heterocycles. The lowest BCUT2D eigenvalue weighted by Crippen LogP contribution is -2.27. The molecular formula is C12H18FN3O. The number of rotatable bonds is 5. The van der Waals surface area contributed by atoms with E-state index in [-0.39, 0.29) is 18.3 Å². The summed E-state index contributed by atoms with van der Waals surface area (Å²) >= 11 is 0. The van der Waals surface area contributed by atoms with Crippen LogP contribution >= 0.6 is 0 Å². The van der Waals surface area contributed by atoms with E-state index >= 15 is 0 Å². The van der Waals surface area contributed by atoms with E-state index < -0.39 is 0 Å². The Kier molecular flexibility index (Phi) is 4.90. The van der Waals surface area contributed by atoms with Crippen molar-refractivity contribution in [3.8, 4) is 0 Å². The summed E-state index contributed by atoms with van der Waals surface area (Å²) in [5.41, 5.74) is 6.78. The summed E-state index contributed by atoms with van der Waals surface area (Å²) in [5, 5.41) is 2.53. The maximum absolute atomic E-state index is 13.7. The topological polar surface area (TPSA) is 58.4 Å². The predicted octanol–water partition coefficient (Wildman–Crippen LogP) is 0.857. The molecule has 0 heterocycles. The molecule has 0 atom stereocenters. The first-order valence-electron chi connectivity index (χ1n) is 5.49. The molecule has 94 valence electrons. The molecule has 0 bridgehead atoms. The second kappa shape index (κ2) is 6.20. The third-order valence-electron chi connectivity index (χ3n) is 2.63. The number of carbonyl (C=O) groups excluding carboxylic acids is 1. The van der Waals surface area contributed by atoms with E-state index in [9.17, 15) is 9.18 Å². The Morgan fingerprint density at radius 3 is 2.82 bits per heavy atom. The molecule has 5 heteroatoms. The van der Waals surface area contributed by atoms with Crippen molar-refractivity contribution in [3.63, 3.8) is 0 Å². The normalized spacial score (nSPS) is 10.1. The standard InChI is InChI=1S/C12H18FN3O/c1-15-11(17)6-7-16(2)12-9(8-14)4-3-5-10(12)13/h3-5H,6-8,14H2,1-2H3,(H,15,17). The van der Waals surface area contributed by atoms with Crippen LogP contribution in [0.5, 0.6) is 0 Å². The highest BCUT2D eigenvalue weighted by Crippen LogP contribution is 2.23. The Morgan fingerprint density at radius 1 is 1.53 bits per heavy atom. The molecule has 0 saturated heterocycles. The molecule has 0 radical (unpaired) electrons. The third kappa shape index (κ3) is 3.42. The summed E-state index contributed by atoms with van der Waals surface area (Å²) in [5.74, 6) is -0.380. The average Bonchev–Trinajstić information content (AvgIpc) is 2.34. The fourth-order valence-electron chi connectivity index (χ4n) is 1.66. The molecule has 0 aliphatic carbocycles. The molecular weight excluding hydrogens is 221 g/mol. The van der Waals surface area contributed by atoms with Gasteiger partial charge in [0.15, 0.2) is 0 Å². The molecule has 1 aromatic carbocycles. The molecule has 0 spiro atoms. The first-order chi connectivity index (χ1) is 8.10. The van der Waals surface area contributed by atoms with Crippen molar-refractivity contribution in [2.75, 3.05) is 25.5 Å². The molecule has 3 N–H and O–H groups in total. The van der Waals surface area contributed by atoms with E-state index in [1.54, 1.807) is 31.1 Å². The fourth-order valence-corrected chi connectivity index (χ4v) is 1.66. The molecule has 1 aromatic rings. The van der Waals surface area contributed by atoms with Crippen LogP contribution < -0.4 is 16.0 Å². The zero-order chi connectivity index (χ0) is 12.8. The minimum Gasteiger partial charge on any atom is -0.371 e. The van der Waals surface area contributed by atoms with Crippen LogP contribution in [0.3, 0.4) is 0 Å². The number of anilines is 1. The zero-order valence-electron chi connectivity index (χ0n) is 10.2. The second-order valence-corrected chi connectivity index (χ2v) is 3.80. The largest absolute Gasteiger partial charge is 0.371 e. The van der Waals surface area contributed by atoms with Gasteiger partial charge in [-0.2, -0.15) is 0 Å². The smallest absolute Gasteiger partial charge is 0.221 e. The van der Waals surface area contributed by atoms with Gasteiger partial charge in [-0.3, -0.25) is 4.79 Å². The number of hydrogen-bond donors (Lipinski definition) is 2. The quantitative estimate of drug-likeness (QED) is 0.801. The van der Waals surface area contributed by atoms with Gasteiger partial charge in [-0.25, -0.2) is 4.39 Å². The van der Waals surface area contributed by atoms with E-state index in [4.69, 9.17) is 5.73 Å². The summed E-state index contributed by atoms with van der Waals surface area (Å²) in [6.45, 7) is 0.727. The maximum Gasteiger partial charge on any atom is 0.221 e. The van der Waals surface area contributed by atoms with Gasteiger partial charge in [0, 0.05) is 33.6 Å². The lowest BCUT2D eigenvalue weighted by Gasteiger charge is -2.22. The lowest BCUT2D eigenvalue weighted by atomic mass is 10.1. The van der Waals surface area contributed by atoms with E-state index in [0.29, 0.717) is 18.7 Å². The molecule has 0 aliphatic heterocycles. The Hall–Kier alpha value is -1.62. The molecule has 17 heavy (non-hydrogen) atoms. The van der Waals surface area contributed by atoms with E-state index in [1.165, 1.54) is 6.07 Å². The van der Waals surface area contributed by atoms with Crippen molar-refractivity contribution >= 4 is 11.6 Å². The van der Waals surface area contributed by atoms with Crippen LogP contribution in [0.1, 0.15) is 12.0 Å². The second-order valence-electron chi connectivity index (χ2n) is 3.80. The van der Waals surface area contributed by atoms with E-state index in [0.717, 1.165) is 5.56 Å². The minimum atomic E-state index is -0.313. The highest BCUT2D eigenvalue weighted by molar-refractivity contribution is 5.76. The number of benzene rings is 1. The molecule has 0 fully saturated rings. The van der Waals surface area contributed by atoms with Crippen LogP contribution in [0.15, 0.2) is 18.2 Å². The Balaban J connectivity index is 2.80. The van der Waals surface area contributed by atoms with Gasteiger partial charge in [0.2, 0.25) is 5.91 Å². The Labute approximate surface area is 101 Å². The van der Waals surface area contributed by atoms with E-state index in [1.807, 2.05) is 0 Å². The number of nitrogens with two attached hydrogens (primary N) is 1. The Bertz CT molecular complexity index is 395. The summed E-state index contributed by atoms with van der Waals surface area (Å²) in [6, 6.07) is 4.81. The maximum atomic E-state index is 13.7. The van der Waals surface area contributed by atoms with Crippen molar-refractivity contribution in [1.29, 1.82) is 0 Å². The number of para-hydroxylation sites is 1. The number of hydrogen-bond acceptors (Lipinski definition) is 3. The number of carbonyl (C=O) groups is 1. The molecule has 1 amide bonds. The average molecular weight is 239 g/mol. The Morgan fingerprint density at radius 2 is 2.24 bits per heavy atom. The number of nitrogens with zero attached hydrogens (tertiary/aromatic N) is 1. The van der Waals surface area contributed by atoms with Crippen LogP contribution in [0.25, 0.3) is 0 Å². The van der Waals surface area contributed by atoms with Crippen molar-refractivity contribution < 1.29 is 9.18 Å². The molecule has 0 aliphatic rings. The number of nitrogens with one attached hydrogen (secondary N) is 1. The molecule has 1 rings (SSSR count).